The molecular weight excluding hydrogens is 356 g/mol. The number of nitrogens with one attached hydrogen (secondary N) is 2. The predicted octanol–water partition coefficient (Wildman–Crippen LogP) is 4.27. The average Bonchev–Trinajstić information content (AvgIpc) is 2.73. The van der Waals surface area contributed by atoms with Gasteiger partial charge < -0.3 is 10.6 Å². The molecule has 0 saturated heterocycles. The van der Waals surface area contributed by atoms with Crippen LogP contribution in [0.15, 0.2) is 54.9 Å². The summed E-state index contributed by atoms with van der Waals surface area (Å²) >= 11 is 0. The second-order valence-corrected chi connectivity index (χ2v) is 6.44. The molecule has 3 rings (SSSR count). The Hall–Kier alpha value is -3.55. The maximum absolute atomic E-state index is 11.0. The van der Waals surface area contributed by atoms with E-state index in [-0.39, 0.29) is 11.7 Å². The molecule has 8 heteroatoms. The fraction of sp³-hybridized carbons (Fsp3) is 0.250. The van der Waals surface area contributed by atoms with Gasteiger partial charge in [-0.25, -0.2) is 4.98 Å². The summed E-state index contributed by atoms with van der Waals surface area (Å²) in [7, 11) is 0. The maximum atomic E-state index is 11.0. The van der Waals surface area contributed by atoms with E-state index < -0.39 is 4.92 Å². The van der Waals surface area contributed by atoms with Crippen LogP contribution >= 0.6 is 0 Å². The first-order valence-corrected chi connectivity index (χ1v) is 9.08. The molecule has 1 atom stereocenters. The quantitative estimate of drug-likeness (QED) is 0.445. The van der Waals surface area contributed by atoms with Crippen LogP contribution in [0.2, 0.25) is 0 Å². The van der Waals surface area contributed by atoms with E-state index in [0.29, 0.717) is 18.3 Å². The second-order valence-electron chi connectivity index (χ2n) is 6.44. The number of nitro benzene ring substituents is 1. The SMILES string of the molecule is CC[C@@H](C)Nc1nc(NCc2cccc([N+](=O)[O-])c2)cc(-c2cccnc2)n1. The minimum absolute atomic E-state index is 0.0668. The molecule has 0 saturated carbocycles. The van der Waals surface area contributed by atoms with Crippen LogP contribution in [0.25, 0.3) is 11.3 Å². The number of nitrogens with zero attached hydrogens (tertiary/aromatic N) is 4. The van der Waals surface area contributed by atoms with Crippen molar-refractivity contribution in [2.24, 2.45) is 0 Å². The lowest BCUT2D eigenvalue weighted by atomic mass is 10.2. The van der Waals surface area contributed by atoms with Gasteiger partial charge in [0.2, 0.25) is 5.95 Å². The largest absolute Gasteiger partial charge is 0.366 e. The molecule has 0 aliphatic carbocycles. The van der Waals surface area contributed by atoms with Gasteiger partial charge in [-0.05, 0) is 31.0 Å². The Balaban J connectivity index is 1.85. The number of aromatic nitrogens is 3. The second kappa shape index (κ2) is 8.90. The van der Waals surface area contributed by atoms with Gasteiger partial charge in [-0.3, -0.25) is 15.1 Å². The number of anilines is 2. The van der Waals surface area contributed by atoms with Gasteiger partial charge in [0.05, 0.1) is 10.6 Å². The van der Waals surface area contributed by atoms with Gasteiger partial charge in [0.1, 0.15) is 5.82 Å². The summed E-state index contributed by atoms with van der Waals surface area (Å²) in [6.07, 6.45) is 4.40. The highest BCUT2D eigenvalue weighted by Gasteiger charge is 2.10. The monoisotopic (exact) mass is 378 g/mol. The Bertz CT molecular complexity index is 948. The summed E-state index contributed by atoms with van der Waals surface area (Å²) < 4.78 is 0. The van der Waals surface area contributed by atoms with Crippen LogP contribution < -0.4 is 10.6 Å². The first kappa shape index (κ1) is 19.2. The van der Waals surface area contributed by atoms with Crippen molar-refractivity contribution in [1.82, 2.24) is 15.0 Å². The molecule has 2 heterocycles. The number of non-ortho nitro benzene ring substituents is 1. The zero-order chi connectivity index (χ0) is 19.9. The summed E-state index contributed by atoms with van der Waals surface area (Å²) in [5, 5.41) is 17.5. The molecule has 8 nitrogen and oxygen atoms in total. The molecule has 144 valence electrons. The van der Waals surface area contributed by atoms with Gasteiger partial charge >= 0.3 is 0 Å². The molecule has 0 radical (unpaired) electrons. The molecule has 2 N–H and O–H groups in total. The molecule has 3 aromatic rings. The van der Waals surface area contributed by atoms with Crippen LogP contribution in [0.5, 0.6) is 0 Å². The minimum Gasteiger partial charge on any atom is -0.366 e. The third-order valence-electron chi connectivity index (χ3n) is 4.27. The molecule has 28 heavy (non-hydrogen) atoms. The Morgan fingerprint density at radius 2 is 2.04 bits per heavy atom. The van der Waals surface area contributed by atoms with Gasteiger partial charge in [-0.15, -0.1) is 0 Å². The van der Waals surface area contributed by atoms with E-state index in [1.165, 1.54) is 6.07 Å². The number of hydrogen-bond acceptors (Lipinski definition) is 7. The smallest absolute Gasteiger partial charge is 0.269 e. The van der Waals surface area contributed by atoms with Crippen molar-refractivity contribution in [3.8, 4) is 11.3 Å². The lowest BCUT2D eigenvalue weighted by Crippen LogP contribution is -2.16. The van der Waals surface area contributed by atoms with Gasteiger partial charge in [-0.2, -0.15) is 4.98 Å². The molecule has 0 amide bonds. The van der Waals surface area contributed by atoms with E-state index in [1.54, 1.807) is 24.5 Å². The fourth-order valence-corrected chi connectivity index (χ4v) is 2.56. The Morgan fingerprint density at radius 3 is 2.75 bits per heavy atom. The first-order valence-electron chi connectivity index (χ1n) is 9.08. The highest BCUT2D eigenvalue weighted by Crippen LogP contribution is 2.22. The summed E-state index contributed by atoms with van der Waals surface area (Å²) in [5.41, 5.74) is 2.50. The molecule has 2 aromatic heterocycles. The molecule has 0 aliphatic heterocycles. The zero-order valence-corrected chi connectivity index (χ0v) is 15.8. The summed E-state index contributed by atoms with van der Waals surface area (Å²) in [4.78, 5) is 23.8. The first-order chi connectivity index (χ1) is 13.5. The predicted molar refractivity (Wildman–Crippen MR) is 109 cm³/mol. The normalized spacial score (nSPS) is 11.6. The topological polar surface area (TPSA) is 106 Å². The lowest BCUT2D eigenvalue weighted by Gasteiger charge is -2.14. The Labute approximate surface area is 163 Å². The standard InChI is InChI=1S/C20H22N6O2/c1-3-14(2)23-20-24-18(16-7-5-9-21-13-16)11-19(25-20)22-12-15-6-4-8-17(10-15)26(27)28/h4-11,13-14H,3,12H2,1-2H3,(H2,22,23,24,25)/t14-/m1/s1. The maximum Gasteiger partial charge on any atom is 0.269 e. The molecule has 0 fully saturated rings. The minimum atomic E-state index is -0.400. The fourth-order valence-electron chi connectivity index (χ4n) is 2.56. The number of benzene rings is 1. The highest BCUT2D eigenvalue weighted by atomic mass is 16.6. The van der Waals surface area contributed by atoms with E-state index in [0.717, 1.165) is 23.2 Å². The van der Waals surface area contributed by atoms with Gasteiger partial charge in [-0.1, -0.05) is 19.1 Å². The third-order valence-corrected chi connectivity index (χ3v) is 4.27. The number of rotatable bonds is 8. The Kier molecular flexibility index (Phi) is 6.11. The molecule has 0 bridgehead atoms. The zero-order valence-electron chi connectivity index (χ0n) is 15.8. The molecule has 0 aliphatic rings. The summed E-state index contributed by atoms with van der Waals surface area (Å²) in [5.74, 6) is 1.16. The van der Waals surface area contributed by atoms with Crippen LogP contribution in [0.4, 0.5) is 17.5 Å². The highest BCUT2D eigenvalue weighted by molar-refractivity contribution is 5.63. The van der Waals surface area contributed by atoms with E-state index in [4.69, 9.17) is 0 Å². The molecule has 0 unspecified atom stereocenters. The van der Waals surface area contributed by atoms with Gasteiger partial charge in [0.15, 0.2) is 0 Å². The number of hydrogen-bond donors (Lipinski definition) is 2. The van der Waals surface area contributed by atoms with Crippen molar-refractivity contribution < 1.29 is 4.92 Å². The van der Waals surface area contributed by atoms with Crippen molar-refractivity contribution in [2.45, 2.75) is 32.9 Å². The van der Waals surface area contributed by atoms with Crippen molar-refractivity contribution in [1.29, 1.82) is 0 Å². The summed E-state index contributed by atoms with van der Waals surface area (Å²) in [6, 6.07) is 12.4. The van der Waals surface area contributed by atoms with Crippen LogP contribution in [0.1, 0.15) is 25.8 Å². The average molecular weight is 378 g/mol. The number of nitro groups is 1. The van der Waals surface area contributed by atoms with Gasteiger partial charge in [0.25, 0.3) is 5.69 Å². The van der Waals surface area contributed by atoms with Crippen molar-refractivity contribution in [3.63, 3.8) is 0 Å². The van der Waals surface area contributed by atoms with Gasteiger partial charge in [0, 0.05) is 48.7 Å². The Morgan fingerprint density at radius 1 is 1.18 bits per heavy atom. The van der Waals surface area contributed by atoms with Crippen LogP contribution in [-0.2, 0) is 6.54 Å². The van der Waals surface area contributed by atoms with E-state index in [2.05, 4.69) is 39.4 Å². The van der Waals surface area contributed by atoms with E-state index in [1.807, 2.05) is 24.3 Å². The van der Waals surface area contributed by atoms with E-state index >= 15 is 0 Å². The molecule has 1 aromatic carbocycles. The molecular formula is C20H22N6O2. The van der Waals surface area contributed by atoms with E-state index in [9.17, 15) is 10.1 Å². The summed E-state index contributed by atoms with van der Waals surface area (Å²) in [6.45, 7) is 4.56. The molecule has 0 spiro atoms. The van der Waals surface area contributed by atoms with Crippen molar-refractivity contribution in [3.05, 3.63) is 70.5 Å². The lowest BCUT2D eigenvalue weighted by molar-refractivity contribution is -0.384. The van der Waals surface area contributed by atoms with Crippen LogP contribution in [-0.4, -0.2) is 25.9 Å². The van der Waals surface area contributed by atoms with Crippen molar-refractivity contribution >= 4 is 17.5 Å². The number of pyridine rings is 1. The third kappa shape index (κ3) is 5.00. The van der Waals surface area contributed by atoms with Crippen LogP contribution in [0.3, 0.4) is 0 Å². The van der Waals surface area contributed by atoms with Crippen molar-refractivity contribution in [2.75, 3.05) is 10.6 Å². The van der Waals surface area contributed by atoms with Crippen LogP contribution in [0, 0.1) is 10.1 Å².